The molecule has 232 valence electrons. The number of amides is 2. The Balaban J connectivity index is 0.00000343. The van der Waals surface area contributed by atoms with Gasteiger partial charge in [-0.1, -0.05) is 19.6 Å². The molecule has 4 N–H and O–H groups in total. The highest BCUT2D eigenvalue weighted by atomic mass is 16.5. The number of ether oxygens (including phenoxy) is 1. The van der Waals surface area contributed by atoms with Crippen molar-refractivity contribution >= 4 is 34.8 Å². The minimum atomic E-state index is -0.642. The molecule has 3 aliphatic heterocycles. The maximum atomic E-state index is 13.0. The topological polar surface area (TPSA) is 126 Å². The molecule has 44 heavy (non-hydrogen) atoms. The molecule has 2 amide bonds. The molecule has 3 aromatic rings. The molecule has 0 unspecified atom stereocenters. The van der Waals surface area contributed by atoms with Gasteiger partial charge >= 0.3 is 0 Å². The Morgan fingerprint density at radius 1 is 0.932 bits per heavy atom. The molecule has 4 fully saturated rings. The molecule has 3 saturated heterocycles. The molecule has 4 aliphatic rings. The normalized spacial score (nSPS) is 20.8. The molecule has 1 atom stereocenters. The van der Waals surface area contributed by atoms with Crippen molar-refractivity contribution in [3.63, 3.8) is 0 Å². The van der Waals surface area contributed by atoms with Gasteiger partial charge in [0, 0.05) is 54.6 Å². The Labute approximate surface area is 259 Å². The van der Waals surface area contributed by atoms with E-state index in [0.29, 0.717) is 35.1 Å². The van der Waals surface area contributed by atoms with Crippen LogP contribution in [0.25, 0.3) is 0 Å². The first-order valence-corrected chi connectivity index (χ1v) is 15.5. The van der Waals surface area contributed by atoms with E-state index in [9.17, 15) is 9.59 Å². The van der Waals surface area contributed by atoms with Gasteiger partial charge in [-0.2, -0.15) is 0 Å². The van der Waals surface area contributed by atoms with Crippen molar-refractivity contribution < 1.29 is 14.3 Å². The first kappa shape index (κ1) is 29.9. The van der Waals surface area contributed by atoms with Crippen molar-refractivity contribution in [2.75, 3.05) is 54.5 Å². The maximum Gasteiger partial charge on any atom is 0.271 e. The Bertz CT molecular complexity index is 1480. The molecular weight excluding hydrogens is 554 g/mol. The number of hydrogen-bond acceptors (Lipinski definition) is 8. The number of aromatic nitrogens is 2. The van der Waals surface area contributed by atoms with Gasteiger partial charge in [-0.05, 0) is 86.4 Å². The lowest BCUT2D eigenvalue weighted by Crippen LogP contribution is -2.50. The molecule has 1 spiro atoms. The lowest BCUT2D eigenvalue weighted by molar-refractivity contribution is -0.124. The number of primary amides is 1. The van der Waals surface area contributed by atoms with E-state index in [-0.39, 0.29) is 25.1 Å². The van der Waals surface area contributed by atoms with Gasteiger partial charge in [-0.15, -0.1) is 0 Å². The number of benzene rings is 2. The Hall–Kier alpha value is -4.18. The maximum absolute atomic E-state index is 13.0. The number of piperidine rings is 2. The Morgan fingerprint density at radius 2 is 1.66 bits per heavy atom. The summed E-state index contributed by atoms with van der Waals surface area (Å²) in [5.74, 6) is 0.928. The number of nitrogens with two attached hydrogens (primary N) is 1. The second kappa shape index (κ2) is 12.4. The highest BCUT2D eigenvalue weighted by Crippen LogP contribution is 2.40. The highest BCUT2D eigenvalue weighted by Gasteiger charge is 2.41. The Kier molecular flexibility index (Phi) is 8.44. The number of carbonyl (C=O) groups is 2. The first-order valence-electron chi connectivity index (χ1n) is 15.5. The quantitative estimate of drug-likeness (QED) is 0.337. The number of anilines is 4. The summed E-state index contributed by atoms with van der Waals surface area (Å²) < 4.78 is 5.46. The number of nitrogens with zero attached hydrogens (tertiary/aromatic N) is 4. The zero-order chi connectivity index (χ0) is 29.4. The third-order valence-corrected chi connectivity index (χ3v) is 9.43. The van der Waals surface area contributed by atoms with Gasteiger partial charge in [0.05, 0.1) is 19.4 Å². The van der Waals surface area contributed by atoms with Crippen molar-refractivity contribution in [2.45, 2.75) is 57.9 Å². The molecule has 4 heterocycles. The van der Waals surface area contributed by atoms with Gasteiger partial charge in [0.1, 0.15) is 5.82 Å². The standard InChI is InChI=1S/C33H39N7O3.CH4/c34-30(41)29-31(36-25-9-11-27(12-10-25)39-16-13-33(14-17-39)20-43-21-33)38-28(18-35-29)40-15-1-2-26(19-40)37-32(42)24-7-5-23(6-8-24)22-3-4-22;/h5-12,18,22,26H,1-4,13-17,19-21H2,(H2,34,41)(H,36,38)(H,37,42);1H4/t26-;/m1./s1. The van der Waals surface area contributed by atoms with E-state index in [4.69, 9.17) is 15.5 Å². The lowest BCUT2D eigenvalue weighted by Gasteiger charge is -2.47. The number of hydrogen-bond donors (Lipinski definition) is 3. The molecule has 1 saturated carbocycles. The minimum absolute atomic E-state index is 0. The van der Waals surface area contributed by atoms with Gasteiger partial charge in [0.15, 0.2) is 11.5 Å². The van der Waals surface area contributed by atoms with E-state index in [1.54, 1.807) is 6.20 Å². The monoisotopic (exact) mass is 597 g/mol. The van der Waals surface area contributed by atoms with Crippen LogP contribution in [-0.2, 0) is 4.74 Å². The molecule has 1 aliphatic carbocycles. The van der Waals surface area contributed by atoms with E-state index >= 15 is 0 Å². The molecule has 0 bridgehead atoms. The average molecular weight is 598 g/mol. The van der Waals surface area contributed by atoms with Gasteiger partial charge < -0.3 is 30.9 Å². The van der Waals surface area contributed by atoms with Crippen LogP contribution in [0.1, 0.15) is 78.3 Å². The van der Waals surface area contributed by atoms with Crippen molar-refractivity contribution in [2.24, 2.45) is 11.1 Å². The summed E-state index contributed by atoms with van der Waals surface area (Å²) in [5.41, 5.74) is 10.1. The fourth-order valence-corrected chi connectivity index (χ4v) is 6.51. The van der Waals surface area contributed by atoms with Crippen LogP contribution in [-0.4, -0.2) is 67.2 Å². The molecular formula is C34H43N7O3. The third kappa shape index (κ3) is 6.36. The zero-order valence-electron chi connectivity index (χ0n) is 24.4. The fraction of sp³-hybridized carbons (Fsp3) is 0.471. The van der Waals surface area contributed by atoms with Crippen LogP contribution >= 0.6 is 0 Å². The molecule has 2 aromatic carbocycles. The van der Waals surface area contributed by atoms with Crippen molar-refractivity contribution in [1.29, 1.82) is 0 Å². The second-order valence-corrected chi connectivity index (χ2v) is 12.6. The van der Waals surface area contributed by atoms with Crippen molar-refractivity contribution in [1.82, 2.24) is 15.3 Å². The smallest absolute Gasteiger partial charge is 0.271 e. The van der Waals surface area contributed by atoms with E-state index < -0.39 is 5.91 Å². The lowest BCUT2D eigenvalue weighted by atomic mass is 9.77. The van der Waals surface area contributed by atoms with Crippen molar-refractivity contribution in [3.05, 3.63) is 71.5 Å². The van der Waals surface area contributed by atoms with E-state index in [0.717, 1.165) is 64.2 Å². The van der Waals surface area contributed by atoms with Crippen molar-refractivity contribution in [3.8, 4) is 0 Å². The minimum Gasteiger partial charge on any atom is -0.380 e. The van der Waals surface area contributed by atoms with E-state index in [2.05, 4.69) is 49.7 Å². The average Bonchev–Trinajstić information content (AvgIpc) is 3.87. The summed E-state index contributed by atoms with van der Waals surface area (Å²) in [6.07, 6.45) is 8.18. The molecule has 10 heteroatoms. The van der Waals surface area contributed by atoms with Crippen LogP contribution < -0.4 is 26.2 Å². The summed E-state index contributed by atoms with van der Waals surface area (Å²) >= 11 is 0. The van der Waals surface area contributed by atoms with Crippen LogP contribution in [0.2, 0.25) is 0 Å². The largest absolute Gasteiger partial charge is 0.380 e. The fourth-order valence-electron chi connectivity index (χ4n) is 6.51. The number of rotatable bonds is 8. The molecule has 0 radical (unpaired) electrons. The zero-order valence-corrected chi connectivity index (χ0v) is 24.4. The SMILES string of the molecule is C.NC(=O)c1ncc(N2CCC[C@@H](NC(=O)c3ccc(C4CC4)cc3)C2)nc1Nc1ccc(N2CCC3(CC2)COC3)cc1. The summed E-state index contributed by atoms with van der Waals surface area (Å²) in [6.45, 7) is 5.23. The molecule has 7 rings (SSSR count). The first-order chi connectivity index (χ1) is 20.9. The van der Waals surface area contributed by atoms with Crippen LogP contribution in [0.5, 0.6) is 0 Å². The summed E-state index contributed by atoms with van der Waals surface area (Å²) in [4.78, 5) is 38.9. The number of nitrogens with one attached hydrogen (secondary N) is 2. The van der Waals surface area contributed by atoms with Crippen LogP contribution in [0.15, 0.2) is 54.7 Å². The predicted octanol–water partition coefficient (Wildman–Crippen LogP) is 4.85. The molecule has 10 nitrogen and oxygen atoms in total. The van der Waals surface area contributed by atoms with Gasteiger partial charge in [0.2, 0.25) is 0 Å². The highest BCUT2D eigenvalue weighted by molar-refractivity contribution is 5.96. The summed E-state index contributed by atoms with van der Waals surface area (Å²) in [5, 5.41) is 6.47. The van der Waals surface area contributed by atoms with Crippen LogP contribution in [0, 0.1) is 5.41 Å². The third-order valence-electron chi connectivity index (χ3n) is 9.43. The second-order valence-electron chi connectivity index (χ2n) is 12.6. The van der Waals surface area contributed by atoms with Gasteiger partial charge in [0.25, 0.3) is 11.8 Å². The summed E-state index contributed by atoms with van der Waals surface area (Å²) in [7, 11) is 0. The van der Waals surface area contributed by atoms with Crippen LogP contribution in [0.3, 0.4) is 0 Å². The van der Waals surface area contributed by atoms with Gasteiger partial charge in [-0.25, -0.2) is 9.97 Å². The van der Waals surface area contributed by atoms with E-state index in [1.807, 2.05) is 24.3 Å². The Morgan fingerprint density at radius 3 is 2.30 bits per heavy atom. The van der Waals surface area contributed by atoms with E-state index in [1.165, 1.54) is 24.1 Å². The van der Waals surface area contributed by atoms with Crippen LogP contribution in [0.4, 0.5) is 23.0 Å². The summed E-state index contributed by atoms with van der Waals surface area (Å²) in [6, 6.07) is 16.2. The predicted molar refractivity (Wildman–Crippen MR) is 173 cm³/mol. The molecule has 1 aromatic heterocycles. The number of carbonyl (C=O) groups excluding carboxylic acids is 2. The van der Waals surface area contributed by atoms with Gasteiger partial charge in [-0.3, -0.25) is 9.59 Å².